The van der Waals surface area contributed by atoms with Crippen LogP contribution in [0.2, 0.25) is 0 Å². The molecule has 0 saturated carbocycles. The number of nitrogens with zero attached hydrogens (tertiary/aromatic N) is 4. The molecule has 0 fully saturated rings. The highest BCUT2D eigenvalue weighted by Gasteiger charge is 2.06. The van der Waals surface area contributed by atoms with E-state index in [2.05, 4.69) is 52.4 Å². The Bertz CT molecular complexity index is 712. The van der Waals surface area contributed by atoms with Crippen LogP contribution in [0.5, 0.6) is 0 Å². The van der Waals surface area contributed by atoms with Crippen LogP contribution in [-0.4, -0.2) is 31.8 Å². The predicted molar refractivity (Wildman–Crippen MR) is 82.9 cm³/mol. The van der Waals surface area contributed by atoms with Gasteiger partial charge in [0.2, 0.25) is 0 Å². The zero-order chi connectivity index (χ0) is 14.7. The van der Waals surface area contributed by atoms with Gasteiger partial charge in [-0.3, -0.25) is 10.00 Å². The van der Waals surface area contributed by atoms with E-state index >= 15 is 0 Å². The average molecular weight is 283 g/mol. The van der Waals surface area contributed by atoms with Crippen LogP contribution in [0.15, 0.2) is 36.7 Å². The van der Waals surface area contributed by atoms with Crippen molar-refractivity contribution in [3.8, 4) is 0 Å². The highest BCUT2D eigenvalue weighted by atomic mass is 15.2. The van der Waals surface area contributed by atoms with Gasteiger partial charge in [-0.1, -0.05) is 13.3 Å². The summed E-state index contributed by atoms with van der Waals surface area (Å²) in [6.07, 6.45) is 6.00. The molecule has 0 aromatic carbocycles. The fourth-order valence-electron chi connectivity index (χ4n) is 2.60. The minimum atomic E-state index is 0.876. The van der Waals surface area contributed by atoms with Crippen molar-refractivity contribution in [3.63, 3.8) is 0 Å². The van der Waals surface area contributed by atoms with Crippen LogP contribution < -0.4 is 0 Å². The van der Waals surface area contributed by atoms with E-state index in [-0.39, 0.29) is 0 Å². The lowest BCUT2D eigenvalue weighted by Crippen LogP contribution is -2.17. The second kappa shape index (κ2) is 6.10. The maximum atomic E-state index is 4.34. The largest absolute Gasteiger partial charge is 0.296 e. The summed E-state index contributed by atoms with van der Waals surface area (Å²) in [5.41, 5.74) is 4.75. The Hall–Kier alpha value is -2.14. The van der Waals surface area contributed by atoms with Crippen LogP contribution in [0.1, 0.15) is 30.3 Å². The van der Waals surface area contributed by atoms with E-state index in [9.17, 15) is 0 Å². The van der Waals surface area contributed by atoms with Crippen molar-refractivity contribution in [1.82, 2.24) is 24.7 Å². The van der Waals surface area contributed by atoms with Gasteiger partial charge in [-0.25, -0.2) is 4.52 Å². The van der Waals surface area contributed by atoms with Crippen LogP contribution >= 0.6 is 0 Å². The van der Waals surface area contributed by atoms with Gasteiger partial charge in [-0.2, -0.15) is 10.2 Å². The molecule has 0 aliphatic heterocycles. The first-order valence-electron chi connectivity index (χ1n) is 7.38. The van der Waals surface area contributed by atoms with Gasteiger partial charge in [0.15, 0.2) is 0 Å². The summed E-state index contributed by atoms with van der Waals surface area (Å²) in [7, 11) is 2.13. The normalized spacial score (nSPS) is 11.6. The highest BCUT2D eigenvalue weighted by molar-refractivity contribution is 5.47. The van der Waals surface area contributed by atoms with E-state index < -0.39 is 0 Å². The molecule has 5 nitrogen and oxygen atoms in total. The van der Waals surface area contributed by atoms with Crippen LogP contribution in [0, 0.1) is 0 Å². The fourth-order valence-corrected chi connectivity index (χ4v) is 2.60. The Morgan fingerprint density at radius 3 is 3.00 bits per heavy atom. The molecule has 3 aromatic heterocycles. The Balaban J connectivity index is 1.63. The molecule has 5 heteroatoms. The third kappa shape index (κ3) is 3.31. The lowest BCUT2D eigenvalue weighted by atomic mass is 10.2. The first-order chi connectivity index (χ1) is 10.2. The fraction of sp³-hybridized carbons (Fsp3) is 0.375. The molecule has 0 spiro atoms. The van der Waals surface area contributed by atoms with Crippen LogP contribution in [0.25, 0.3) is 5.52 Å². The SMILES string of the molecule is CCCc1cc(CN(C)Cc2ccn3nccc3c2)[nH]n1. The van der Waals surface area contributed by atoms with Gasteiger partial charge in [0.05, 0.1) is 11.2 Å². The van der Waals surface area contributed by atoms with Gasteiger partial charge >= 0.3 is 0 Å². The van der Waals surface area contributed by atoms with Gasteiger partial charge in [0.25, 0.3) is 0 Å². The minimum absolute atomic E-state index is 0.876. The molecule has 0 amide bonds. The molecule has 3 aromatic rings. The van der Waals surface area contributed by atoms with Gasteiger partial charge in [-0.15, -0.1) is 0 Å². The number of nitrogens with one attached hydrogen (secondary N) is 1. The molecule has 0 radical (unpaired) electrons. The Morgan fingerprint density at radius 2 is 2.14 bits per heavy atom. The molecule has 0 aliphatic rings. The average Bonchev–Trinajstić information content (AvgIpc) is 3.08. The van der Waals surface area contributed by atoms with Crippen molar-refractivity contribution in [2.75, 3.05) is 7.05 Å². The number of rotatable bonds is 6. The van der Waals surface area contributed by atoms with E-state index in [0.29, 0.717) is 0 Å². The number of fused-ring (bicyclic) bond motifs is 1. The number of aromatic amines is 1. The predicted octanol–water partition coefficient (Wildman–Crippen LogP) is 2.64. The summed E-state index contributed by atoms with van der Waals surface area (Å²) in [5, 5.41) is 11.7. The summed E-state index contributed by atoms with van der Waals surface area (Å²) in [6.45, 7) is 3.96. The Morgan fingerprint density at radius 1 is 1.24 bits per heavy atom. The van der Waals surface area contributed by atoms with E-state index in [1.165, 1.54) is 11.3 Å². The molecule has 0 aliphatic carbocycles. The molecule has 1 N–H and O–H groups in total. The number of H-pyrrole nitrogens is 1. The van der Waals surface area contributed by atoms with Crippen molar-refractivity contribution >= 4 is 5.52 Å². The molecule has 3 rings (SSSR count). The summed E-state index contributed by atoms with van der Waals surface area (Å²) in [6, 6.07) is 8.49. The standard InChI is InChI=1S/C16H21N5/c1-3-4-14-10-15(19-18-14)12-20(2)11-13-6-8-21-16(9-13)5-7-17-21/h5-10H,3-4,11-12H2,1-2H3,(H,18,19). The maximum absolute atomic E-state index is 4.34. The Kier molecular flexibility index (Phi) is 4.01. The lowest BCUT2D eigenvalue weighted by Gasteiger charge is -2.15. The molecule has 0 bridgehead atoms. The van der Waals surface area contributed by atoms with E-state index in [1.807, 2.05) is 23.0 Å². The van der Waals surface area contributed by atoms with Gasteiger partial charge < -0.3 is 0 Å². The van der Waals surface area contributed by atoms with Crippen molar-refractivity contribution < 1.29 is 0 Å². The van der Waals surface area contributed by atoms with Crippen LogP contribution in [0.4, 0.5) is 0 Å². The zero-order valence-electron chi connectivity index (χ0n) is 12.6. The molecule has 0 unspecified atom stereocenters. The zero-order valence-corrected chi connectivity index (χ0v) is 12.6. The minimum Gasteiger partial charge on any atom is -0.296 e. The monoisotopic (exact) mass is 283 g/mol. The number of pyridine rings is 1. The second-order valence-corrected chi connectivity index (χ2v) is 5.54. The quantitative estimate of drug-likeness (QED) is 0.756. The van der Waals surface area contributed by atoms with Crippen molar-refractivity contribution in [2.24, 2.45) is 0 Å². The summed E-state index contributed by atoms with van der Waals surface area (Å²) in [5.74, 6) is 0. The van der Waals surface area contributed by atoms with E-state index in [1.54, 1.807) is 0 Å². The van der Waals surface area contributed by atoms with Gasteiger partial charge in [0.1, 0.15) is 0 Å². The molecular weight excluding hydrogens is 262 g/mol. The first kappa shape index (κ1) is 13.8. The third-order valence-electron chi connectivity index (χ3n) is 3.55. The molecule has 3 heterocycles. The van der Waals surface area contributed by atoms with Gasteiger partial charge in [-0.05, 0) is 43.3 Å². The van der Waals surface area contributed by atoms with Gasteiger partial charge in [0, 0.05) is 31.2 Å². The summed E-state index contributed by atoms with van der Waals surface area (Å²) >= 11 is 0. The molecule has 110 valence electrons. The first-order valence-corrected chi connectivity index (χ1v) is 7.38. The van der Waals surface area contributed by atoms with Crippen molar-refractivity contribution in [3.05, 3.63) is 53.6 Å². The Labute approximate surface area is 124 Å². The molecule has 0 atom stereocenters. The second-order valence-electron chi connectivity index (χ2n) is 5.54. The van der Waals surface area contributed by atoms with Crippen molar-refractivity contribution in [2.45, 2.75) is 32.9 Å². The third-order valence-corrected chi connectivity index (χ3v) is 3.55. The lowest BCUT2D eigenvalue weighted by molar-refractivity contribution is 0.315. The van der Waals surface area contributed by atoms with Crippen LogP contribution in [-0.2, 0) is 19.5 Å². The molecular formula is C16H21N5. The molecule has 21 heavy (non-hydrogen) atoms. The van der Waals surface area contributed by atoms with E-state index in [4.69, 9.17) is 0 Å². The summed E-state index contributed by atoms with van der Waals surface area (Å²) in [4.78, 5) is 2.28. The number of hydrogen-bond donors (Lipinski definition) is 1. The molecule has 0 saturated heterocycles. The topological polar surface area (TPSA) is 49.2 Å². The highest BCUT2D eigenvalue weighted by Crippen LogP contribution is 2.11. The number of hydrogen-bond acceptors (Lipinski definition) is 3. The smallest absolute Gasteiger partial charge is 0.0664 e. The number of aromatic nitrogens is 4. The number of aryl methyl sites for hydroxylation is 1. The van der Waals surface area contributed by atoms with Crippen molar-refractivity contribution in [1.29, 1.82) is 0 Å². The maximum Gasteiger partial charge on any atom is 0.0664 e. The van der Waals surface area contributed by atoms with Crippen LogP contribution in [0.3, 0.4) is 0 Å². The van der Waals surface area contributed by atoms with E-state index in [0.717, 1.165) is 37.1 Å². The summed E-state index contributed by atoms with van der Waals surface area (Å²) < 4.78 is 1.88.